The van der Waals surface area contributed by atoms with Crippen LogP contribution in [0.2, 0.25) is 0 Å². The lowest BCUT2D eigenvalue weighted by Crippen LogP contribution is -2.35. The zero-order valence-electron chi connectivity index (χ0n) is 14.9. The maximum absolute atomic E-state index is 13.2. The van der Waals surface area contributed by atoms with E-state index in [1.165, 1.54) is 12.1 Å². The maximum atomic E-state index is 13.2. The van der Waals surface area contributed by atoms with Crippen LogP contribution in [0.25, 0.3) is 11.1 Å². The zero-order chi connectivity index (χ0) is 19.2. The van der Waals surface area contributed by atoms with Gasteiger partial charge in [0.2, 0.25) is 0 Å². The van der Waals surface area contributed by atoms with E-state index < -0.39 is 11.9 Å². The summed E-state index contributed by atoms with van der Waals surface area (Å²) < 4.78 is 18.0. The number of hydrogen-bond donors (Lipinski definition) is 1. The van der Waals surface area contributed by atoms with Gasteiger partial charge >= 0.3 is 5.97 Å². The molecule has 1 aliphatic heterocycles. The fourth-order valence-corrected chi connectivity index (χ4v) is 3.30. The van der Waals surface area contributed by atoms with Gasteiger partial charge in [0.15, 0.2) is 6.61 Å². The van der Waals surface area contributed by atoms with Crippen molar-refractivity contribution in [2.75, 3.05) is 24.6 Å². The van der Waals surface area contributed by atoms with Crippen LogP contribution in [0.3, 0.4) is 0 Å². The summed E-state index contributed by atoms with van der Waals surface area (Å²) in [5.41, 5.74) is 6.85. The molecule has 0 aliphatic carbocycles. The van der Waals surface area contributed by atoms with Crippen LogP contribution in [0.4, 0.5) is 10.2 Å². The van der Waals surface area contributed by atoms with Gasteiger partial charge in [-0.1, -0.05) is 12.1 Å². The van der Waals surface area contributed by atoms with Gasteiger partial charge in [-0.2, -0.15) is 0 Å². The Balaban J connectivity index is 1.62. The molecule has 6 nitrogen and oxygen atoms in total. The minimum Gasteiger partial charge on any atom is -0.456 e. The lowest BCUT2D eigenvalue weighted by atomic mass is 9.93. The number of benzene rings is 1. The topological polar surface area (TPSA) is 85.5 Å². The molecule has 2 N–H and O–H groups in total. The Morgan fingerprint density at radius 1 is 1.19 bits per heavy atom. The van der Waals surface area contributed by atoms with E-state index in [1.807, 2.05) is 12.1 Å². The van der Waals surface area contributed by atoms with Crippen molar-refractivity contribution in [3.8, 4) is 11.1 Å². The fraction of sp³-hybridized carbons (Fsp3) is 0.350. The average molecular weight is 371 g/mol. The van der Waals surface area contributed by atoms with Crippen LogP contribution in [-0.2, 0) is 14.3 Å². The number of ether oxygens (including phenoxy) is 1. The second-order valence-corrected chi connectivity index (χ2v) is 6.64. The normalized spacial score (nSPS) is 14.8. The van der Waals surface area contributed by atoms with Gasteiger partial charge in [0.05, 0.1) is 0 Å². The molecule has 2 aromatic rings. The van der Waals surface area contributed by atoms with E-state index in [-0.39, 0.29) is 24.8 Å². The smallest absolute Gasteiger partial charge is 0.306 e. The van der Waals surface area contributed by atoms with Gasteiger partial charge in [0.25, 0.3) is 5.91 Å². The first-order chi connectivity index (χ1) is 13.0. The number of esters is 1. The minimum atomic E-state index is -0.651. The van der Waals surface area contributed by atoms with E-state index in [1.54, 1.807) is 18.3 Å². The number of hydrogen-bond acceptors (Lipinski definition) is 5. The fourth-order valence-electron chi connectivity index (χ4n) is 3.30. The van der Waals surface area contributed by atoms with E-state index in [0.717, 1.165) is 42.9 Å². The number of primary amides is 1. The van der Waals surface area contributed by atoms with Crippen LogP contribution >= 0.6 is 0 Å². The number of piperidine rings is 1. The number of nitrogens with two attached hydrogens (primary N) is 1. The van der Waals surface area contributed by atoms with Gasteiger partial charge in [-0.3, -0.25) is 9.59 Å². The molecule has 0 bridgehead atoms. The Labute approximate surface area is 157 Å². The van der Waals surface area contributed by atoms with Crippen LogP contribution < -0.4 is 10.6 Å². The summed E-state index contributed by atoms with van der Waals surface area (Å²) in [6.45, 7) is 1.16. The van der Waals surface area contributed by atoms with Gasteiger partial charge in [-0.05, 0) is 48.6 Å². The lowest BCUT2D eigenvalue weighted by Gasteiger charge is -2.33. The van der Waals surface area contributed by atoms with Gasteiger partial charge in [0, 0.05) is 31.3 Å². The zero-order valence-corrected chi connectivity index (χ0v) is 14.9. The Hall–Kier alpha value is -2.96. The van der Waals surface area contributed by atoms with Crippen LogP contribution in [0.1, 0.15) is 19.3 Å². The van der Waals surface area contributed by atoms with Crippen molar-refractivity contribution in [1.82, 2.24) is 4.98 Å². The maximum Gasteiger partial charge on any atom is 0.306 e. The summed E-state index contributed by atoms with van der Waals surface area (Å²) in [6.07, 6.45) is 3.68. The van der Waals surface area contributed by atoms with Crippen molar-refractivity contribution >= 4 is 17.7 Å². The predicted molar refractivity (Wildman–Crippen MR) is 99.3 cm³/mol. The molecule has 27 heavy (non-hydrogen) atoms. The summed E-state index contributed by atoms with van der Waals surface area (Å²) in [6, 6.07) is 10.2. The highest BCUT2D eigenvalue weighted by atomic mass is 19.1. The molecule has 0 spiro atoms. The quantitative estimate of drug-likeness (QED) is 0.789. The Bertz CT molecular complexity index is 802. The number of carbonyl (C=O) groups excluding carboxylic acids is 2. The first-order valence-corrected chi connectivity index (χ1v) is 8.93. The Kier molecular flexibility index (Phi) is 6.01. The van der Waals surface area contributed by atoms with Crippen LogP contribution in [0, 0.1) is 11.7 Å². The molecule has 0 atom stereocenters. The number of amides is 1. The molecular weight excluding hydrogens is 349 g/mol. The summed E-state index contributed by atoms with van der Waals surface area (Å²) >= 11 is 0. The molecule has 3 rings (SSSR count). The number of rotatable bonds is 6. The van der Waals surface area contributed by atoms with Gasteiger partial charge in [-0.25, -0.2) is 9.37 Å². The highest BCUT2D eigenvalue weighted by Gasteiger charge is 2.24. The monoisotopic (exact) mass is 371 g/mol. The molecule has 1 amide bonds. The number of anilines is 1. The molecule has 0 unspecified atom stereocenters. The van der Waals surface area contributed by atoms with E-state index in [9.17, 15) is 14.0 Å². The average Bonchev–Trinajstić information content (AvgIpc) is 2.68. The van der Waals surface area contributed by atoms with E-state index in [2.05, 4.69) is 9.88 Å². The summed E-state index contributed by atoms with van der Waals surface area (Å²) in [5, 5.41) is 0. The first kappa shape index (κ1) is 18.8. The third-order valence-electron chi connectivity index (χ3n) is 4.69. The molecule has 1 saturated heterocycles. The van der Waals surface area contributed by atoms with Gasteiger partial charge in [0.1, 0.15) is 11.6 Å². The van der Waals surface area contributed by atoms with Crippen molar-refractivity contribution in [3.63, 3.8) is 0 Å². The SMILES string of the molecule is NC(=O)COC(=O)CC1CCN(c2ncccc2-c2ccc(F)cc2)CC1. The molecule has 7 heteroatoms. The van der Waals surface area contributed by atoms with Crippen molar-refractivity contribution in [1.29, 1.82) is 0 Å². The van der Waals surface area contributed by atoms with E-state index >= 15 is 0 Å². The van der Waals surface area contributed by atoms with Crippen LogP contribution in [0.15, 0.2) is 42.6 Å². The molecule has 1 aromatic heterocycles. The predicted octanol–water partition coefficient (Wildman–Crippen LogP) is 2.52. The van der Waals surface area contributed by atoms with E-state index in [4.69, 9.17) is 10.5 Å². The molecule has 0 saturated carbocycles. The standard InChI is InChI=1S/C20H22FN3O3/c21-16-5-3-15(4-6-16)17-2-1-9-23-20(17)24-10-7-14(8-11-24)12-19(26)27-13-18(22)25/h1-6,9,14H,7-8,10-13H2,(H2,22,25). The molecule has 0 radical (unpaired) electrons. The second-order valence-electron chi connectivity index (χ2n) is 6.64. The molecule has 1 fully saturated rings. The highest BCUT2D eigenvalue weighted by Crippen LogP contribution is 2.32. The summed E-state index contributed by atoms with van der Waals surface area (Å²) in [5.74, 6) is -0.245. The highest BCUT2D eigenvalue weighted by molar-refractivity contribution is 5.79. The first-order valence-electron chi connectivity index (χ1n) is 8.93. The number of halogens is 1. The third-order valence-corrected chi connectivity index (χ3v) is 4.69. The molecular formula is C20H22FN3O3. The molecule has 2 heterocycles. The third kappa shape index (κ3) is 5.03. The molecule has 1 aliphatic rings. The number of pyridine rings is 1. The second kappa shape index (κ2) is 8.62. The lowest BCUT2D eigenvalue weighted by molar-refractivity contribution is -0.148. The Morgan fingerprint density at radius 3 is 2.56 bits per heavy atom. The number of carbonyl (C=O) groups is 2. The van der Waals surface area contributed by atoms with Crippen LogP contribution in [0.5, 0.6) is 0 Å². The molecule has 142 valence electrons. The van der Waals surface area contributed by atoms with Crippen molar-refractivity contribution in [2.24, 2.45) is 11.7 Å². The van der Waals surface area contributed by atoms with E-state index in [0.29, 0.717) is 0 Å². The van der Waals surface area contributed by atoms with Gasteiger partial charge < -0.3 is 15.4 Å². The summed E-state index contributed by atoms with van der Waals surface area (Å²) in [7, 11) is 0. The number of nitrogens with zero attached hydrogens (tertiary/aromatic N) is 2. The van der Waals surface area contributed by atoms with Crippen molar-refractivity contribution in [2.45, 2.75) is 19.3 Å². The van der Waals surface area contributed by atoms with Crippen molar-refractivity contribution in [3.05, 3.63) is 48.4 Å². The van der Waals surface area contributed by atoms with Gasteiger partial charge in [-0.15, -0.1) is 0 Å². The molecule has 1 aromatic carbocycles. The van der Waals surface area contributed by atoms with Crippen molar-refractivity contribution < 1.29 is 18.7 Å². The van der Waals surface area contributed by atoms with Crippen LogP contribution in [-0.4, -0.2) is 36.6 Å². The number of aromatic nitrogens is 1. The Morgan fingerprint density at radius 2 is 1.89 bits per heavy atom. The largest absolute Gasteiger partial charge is 0.456 e. The summed E-state index contributed by atoms with van der Waals surface area (Å²) in [4.78, 5) is 29.1. The minimum absolute atomic E-state index is 0.208.